The highest BCUT2D eigenvalue weighted by Crippen LogP contribution is 2.37. The molecule has 0 radical (unpaired) electrons. The Hall–Kier alpha value is -3.28. The lowest BCUT2D eigenvalue weighted by Crippen LogP contribution is -2.32. The number of halogens is 6. The number of aromatic amines is 1. The first kappa shape index (κ1) is 24.4. The Balaban J connectivity index is 0.000000383. The van der Waals surface area contributed by atoms with E-state index in [0.29, 0.717) is 19.6 Å². The van der Waals surface area contributed by atoms with Gasteiger partial charge in [0.2, 0.25) is 0 Å². The molecule has 3 N–H and O–H groups in total. The molecule has 6 nitrogen and oxygen atoms in total. The SMILES string of the molecule is FC(F)(F)c1ccccc1N1CCC(NCc2c[nH]c3cnccc23)C1.O=C(O)C(F)(F)F. The Morgan fingerprint density at radius 3 is 2.55 bits per heavy atom. The topological polar surface area (TPSA) is 81.2 Å². The first-order valence-corrected chi connectivity index (χ1v) is 9.81. The van der Waals surface area contributed by atoms with Gasteiger partial charge in [0.05, 0.1) is 17.3 Å². The van der Waals surface area contributed by atoms with Crippen molar-refractivity contribution in [3.05, 3.63) is 60.0 Å². The van der Waals surface area contributed by atoms with Gasteiger partial charge in [-0.05, 0) is 30.2 Å². The van der Waals surface area contributed by atoms with Gasteiger partial charge in [-0.15, -0.1) is 0 Å². The maximum atomic E-state index is 13.2. The normalized spacial score (nSPS) is 16.5. The Kier molecular flexibility index (Phi) is 7.15. The molecule has 0 spiro atoms. The minimum atomic E-state index is -5.08. The summed E-state index contributed by atoms with van der Waals surface area (Å²) in [4.78, 5) is 18.0. The minimum Gasteiger partial charge on any atom is -0.475 e. The summed E-state index contributed by atoms with van der Waals surface area (Å²) in [5.41, 5.74) is 1.82. The molecule has 4 rings (SSSR count). The molecule has 178 valence electrons. The molecule has 0 aliphatic carbocycles. The van der Waals surface area contributed by atoms with Gasteiger partial charge in [0.25, 0.3) is 0 Å². The number of carbonyl (C=O) groups is 1. The van der Waals surface area contributed by atoms with Gasteiger partial charge in [-0.25, -0.2) is 4.79 Å². The number of carboxylic acids is 1. The van der Waals surface area contributed by atoms with E-state index in [1.54, 1.807) is 24.5 Å². The van der Waals surface area contributed by atoms with Crippen LogP contribution in [0, 0.1) is 0 Å². The molecule has 2 aromatic heterocycles. The number of fused-ring (bicyclic) bond motifs is 1. The Morgan fingerprint density at radius 2 is 1.88 bits per heavy atom. The third-order valence-corrected chi connectivity index (χ3v) is 5.13. The summed E-state index contributed by atoms with van der Waals surface area (Å²) in [5.74, 6) is -2.76. The van der Waals surface area contributed by atoms with Gasteiger partial charge in [-0.1, -0.05) is 12.1 Å². The summed E-state index contributed by atoms with van der Waals surface area (Å²) in [7, 11) is 0. The molecule has 1 atom stereocenters. The summed E-state index contributed by atoms with van der Waals surface area (Å²) in [6.45, 7) is 1.85. The van der Waals surface area contributed by atoms with Crippen molar-refractivity contribution in [2.75, 3.05) is 18.0 Å². The number of nitrogens with zero attached hydrogens (tertiary/aromatic N) is 2. The van der Waals surface area contributed by atoms with Crippen LogP contribution in [0.25, 0.3) is 10.9 Å². The zero-order chi connectivity index (χ0) is 24.2. The second-order valence-electron chi connectivity index (χ2n) is 7.37. The summed E-state index contributed by atoms with van der Waals surface area (Å²) < 4.78 is 71.4. The van der Waals surface area contributed by atoms with Crippen LogP contribution in [-0.4, -0.2) is 46.4 Å². The van der Waals surface area contributed by atoms with Gasteiger partial charge in [-0.2, -0.15) is 26.3 Å². The first-order chi connectivity index (χ1) is 15.5. The summed E-state index contributed by atoms with van der Waals surface area (Å²) in [6.07, 6.45) is -3.11. The van der Waals surface area contributed by atoms with Crippen LogP contribution < -0.4 is 10.2 Å². The maximum absolute atomic E-state index is 13.2. The number of para-hydroxylation sites is 1. The monoisotopic (exact) mass is 474 g/mol. The molecule has 1 aromatic carbocycles. The number of hydrogen-bond acceptors (Lipinski definition) is 4. The molecule has 0 saturated carbocycles. The van der Waals surface area contributed by atoms with Crippen LogP contribution in [0.4, 0.5) is 32.0 Å². The Bertz CT molecular complexity index is 1100. The van der Waals surface area contributed by atoms with Gasteiger partial charge in [-0.3, -0.25) is 4.98 Å². The second kappa shape index (κ2) is 9.69. The molecule has 3 heterocycles. The number of aromatic nitrogens is 2. The Labute approximate surface area is 184 Å². The van der Waals surface area contributed by atoms with Gasteiger partial charge in [0, 0.05) is 49.1 Å². The standard InChI is InChI=1S/C19H19F3N4.C2HF3O2/c20-19(21,22)16-3-1-2-4-18(16)26-8-6-14(12-26)24-9-13-10-25-17-11-23-7-5-15(13)17;3-2(4,5)1(6)7/h1-5,7,10-11,14,24-25H,6,8-9,12H2;(H,6,7). The first-order valence-electron chi connectivity index (χ1n) is 9.81. The van der Waals surface area contributed by atoms with E-state index >= 15 is 0 Å². The number of alkyl halides is 6. The average Bonchev–Trinajstić information content (AvgIpc) is 3.38. The fourth-order valence-electron chi connectivity index (χ4n) is 3.57. The fourth-order valence-corrected chi connectivity index (χ4v) is 3.57. The van der Waals surface area contributed by atoms with Crippen molar-refractivity contribution in [1.29, 1.82) is 0 Å². The maximum Gasteiger partial charge on any atom is 0.490 e. The molecule has 12 heteroatoms. The molecule has 3 aromatic rings. The van der Waals surface area contributed by atoms with Crippen LogP contribution in [0.1, 0.15) is 17.5 Å². The van der Waals surface area contributed by atoms with E-state index < -0.39 is 23.9 Å². The van der Waals surface area contributed by atoms with Crippen molar-refractivity contribution in [2.45, 2.75) is 31.4 Å². The van der Waals surface area contributed by atoms with Crippen molar-refractivity contribution < 1.29 is 36.2 Å². The molecular formula is C21H20F6N4O2. The number of aliphatic carboxylic acids is 1. The number of benzene rings is 1. The van der Waals surface area contributed by atoms with Crippen LogP contribution in [0.5, 0.6) is 0 Å². The van der Waals surface area contributed by atoms with Crippen LogP contribution in [0.15, 0.2) is 48.9 Å². The zero-order valence-corrected chi connectivity index (χ0v) is 17.0. The van der Waals surface area contributed by atoms with Crippen molar-refractivity contribution in [2.24, 2.45) is 0 Å². The van der Waals surface area contributed by atoms with Gasteiger partial charge >= 0.3 is 18.3 Å². The lowest BCUT2D eigenvalue weighted by atomic mass is 10.1. The molecule has 1 aliphatic heterocycles. The number of anilines is 1. The van der Waals surface area contributed by atoms with Crippen LogP contribution in [0.2, 0.25) is 0 Å². The molecular weight excluding hydrogens is 454 g/mol. The minimum absolute atomic E-state index is 0.156. The van der Waals surface area contributed by atoms with E-state index in [1.807, 2.05) is 17.2 Å². The summed E-state index contributed by atoms with van der Waals surface area (Å²) >= 11 is 0. The van der Waals surface area contributed by atoms with Gasteiger partial charge in [0.15, 0.2) is 0 Å². The molecule has 0 amide bonds. The van der Waals surface area contributed by atoms with Crippen molar-refractivity contribution in [3.8, 4) is 0 Å². The largest absolute Gasteiger partial charge is 0.490 e. The van der Waals surface area contributed by atoms with E-state index in [1.165, 1.54) is 6.07 Å². The van der Waals surface area contributed by atoms with Crippen LogP contribution in [-0.2, 0) is 17.5 Å². The van der Waals surface area contributed by atoms with E-state index in [2.05, 4.69) is 15.3 Å². The third-order valence-electron chi connectivity index (χ3n) is 5.13. The highest BCUT2D eigenvalue weighted by atomic mass is 19.4. The van der Waals surface area contributed by atoms with Gasteiger partial charge in [0.1, 0.15) is 0 Å². The molecule has 33 heavy (non-hydrogen) atoms. The number of carboxylic acid groups (broad SMARTS) is 1. The number of nitrogens with one attached hydrogen (secondary N) is 2. The molecule has 1 fully saturated rings. The lowest BCUT2D eigenvalue weighted by molar-refractivity contribution is -0.192. The second-order valence-corrected chi connectivity index (χ2v) is 7.37. The lowest BCUT2D eigenvalue weighted by Gasteiger charge is -2.23. The summed E-state index contributed by atoms with van der Waals surface area (Å²) in [5, 5.41) is 11.7. The summed E-state index contributed by atoms with van der Waals surface area (Å²) in [6, 6.07) is 7.91. The molecule has 1 unspecified atom stereocenters. The molecule has 1 aliphatic rings. The highest BCUT2D eigenvalue weighted by Gasteiger charge is 2.38. The van der Waals surface area contributed by atoms with E-state index in [0.717, 1.165) is 29.0 Å². The predicted octanol–water partition coefficient (Wildman–Crippen LogP) is 4.58. The number of pyridine rings is 1. The number of hydrogen-bond donors (Lipinski definition) is 3. The van der Waals surface area contributed by atoms with Crippen molar-refractivity contribution in [3.63, 3.8) is 0 Å². The van der Waals surface area contributed by atoms with E-state index in [9.17, 15) is 26.3 Å². The molecule has 0 bridgehead atoms. The zero-order valence-electron chi connectivity index (χ0n) is 17.0. The van der Waals surface area contributed by atoms with Crippen LogP contribution in [0.3, 0.4) is 0 Å². The van der Waals surface area contributed by atoms with Gasteiger partial charge < -0.3 is 20.3 Å². The average molecular weight is 474 g/mol. The number of H-pyrrole nitrogens is 1. The molecule has 1 saturated heterocycles. The third kappa shape index (κ3) is 6.15. The van der Waals surface area contributed by atoms with Crippen molar-refractivity contribution in [1.82, 2.24) is 15.3 Å². The highest BCUT2D eigenvalue weighted by molar-refractivity contribution is 5.82. The predicted molar refractivity (Wildman–Crippen MR) is 109 cm³/mol. The Morgan fingerprint density at radius 1 is 1.18 bits per heavy atom. The van der Waals surface area contributed by atoms with Crippen LogP contribution >= 0.6 is 0 Å². The van der Waals surface area contributed by atoms with Crippen molar-refractivity contribution >= 4 is 22.6 Å². The quantitative estimate of drug-likeness (QED) is 0.483. The fraction of sp³-hybridized carbons (Fsp3) is 0.333. The number of rotatable bonds is 4. The smallest absolute Gasteiger partial charge is 0.475 e. The van der Waals surface area contributed by atoms with E-state index in [4.69, 9.17) is 9.90 Å². The van der Waals surface area contributed by atoms with E-state index in [-0.39, 0.29) is 11.7 Å².